The summed E-state index contributed by atoms with van der Waals surface area (Å²) < 4.78 is 0. The number of hydrogen-bond donors (Lipinski definition) is 2. The SMILES string of the molecule is Nc1cc(C(=O)O)cc(-c2cc(Cl)cc(Cl)c2)c1. The fraction of sp³-hybridized carbons (Fsp3) is 0. The molecule has 18 heavy (non-hydrogen) atoms. The molecule has 0 amide bonds. The van der Waals surface area contributed by atoms with Gasteiger partial charge in [-0.15, -0.1) is 0 Å². The number of nitrogens with two attached hydrogens (primary N) is 1. The van der Waals surface area contributed by atoms with Crippen molar-refractivity contribution in [1.29, 1.82) is 0 Å². The number of carboxylic acids is 1. The van der Waals surface area contributed by atoms with Crippen molar-refractivity contribution in [3.63, 3.8) is 0 Å². The van der Waals surface area contributed by atoms with Crippen LogP contribution < -0.4 is 5.73 Å². The van der Waals surface area contributed by atoms with Crippen LogP contribution in [0.3, 0.4) is 0 Å². The molecule has 0 saturated carbocycles. The van der Waals surface area contributed by atoms with E-state index >= 15 is 0 Å². The molecule has 0 spiro atoms. The van der Waals surface area contributed by atoms with Gasteiger partial charge in [0.15, 0.2) is 0 Å². The molecule has 0 unspecified atom stereocenters. The summed E-state index contributed by atoms with van der Waals surface area (Å²) in [6.45, 7) is 0. The summed E-state index contributed by atoms with van der Waals surface area (Å²) in [5.41, 5.74) is 7.57. The Balaban J connectivity index is 2.59. The maximum Gasteiger partial charge on any atom is 0.335 e. The first-order valence-corrected chi connectivity index (χ1v) is 5.81. The number of aromatic carboxylic acids is 1. The van der Waals surface area contributed by atoms with Crippen molar-refractivity contribution >= 4 is 34.9 Å². The third kappa shape index (κ3) is 2.75. The largest absolute Gasteiger partial charge is 0.478 e. The zero-order valence-electron chi connectivity index (χ0n) is 9.15. The first-order valence-electron chi connectivity index (χ1n) is 5.06. The zero-order valence-corrected chi connectivity index (χ0v) is 10.7. The highest BCUT2D eigenvalue weighted by atomic mass is 35.5. The van der Waals surface area contributed by atoms with Gasteiger partial charge < -0.3 is 10.8 Å². The van der Waals surface area contributed by atoms with Crippen molar-refractivity contribution in [3.8, 4) is 11.1 Å². The van der Waals surface area contributed by atoms with Crippen molar-refractivity contribution in [1.82, 2.24) is 0 Å². The highest BCUT2D eigenvalue weighted by molar-refractivity contribution is 6.35. The van der Waals surface area contributed by atoms with Crippen molar-refractivity contribution in [3.05, 3.63) is 52.0 Å². The standard InChI is InChI=1S/C13H9Cl2NO2/c14-10-2-8(3-11(15)6-10)7-1-9(13(17)18)5-12(16)4-7/h1-6H,16H2,(H,17,18). The second-order valence-electron chi connectivity index (χ2n) is 3.81. The van der Waals surface area contributed by atoms with Gasteiger partial charge in [0.25, 0.3) is 0 Å². The number of benzene rings is 2. The molecule has 3 nitrogen and oxygen atoms in total. The lowest BCUT2D eigenvalue weighted by atomic mass is 10.0. The van der Waals surface area contributed by atoms with E-state index in [0.29, 0.717) is 21.3 Å². The van der Waals surface area contributed by atoms with Crippen molar-refractivity contribution in [2.24, 2.45) is 0 Å². The first-order chi connectivity index (χ1) is 8.45. The summed E-state index contributed by atoms with van der Waals surface area (Å²) in [4.78, 5) is 11.0. The molecule has 5 heteroatoms. The van der Waals surface area contributed by atoms with E-state index in [1.165, 1.54) is 12.1 Å². The van der Waals surface area contributed by atoms with Crippen molar-refractivity contribution < 1.29 is 9.90 Å². The molecule has 92 valence electrons. The number of anilines is 1. The molecule has 0 aliphatic rings. The number of rotatable bonds is 2. The van der Waals surface area contributed by atoms with E-state index in [0.717, 1.165) is 5.56 Å². The topological polar surface area (TPSA) is 63.3 Å². The van der Waals surface area contributed by atoms with Crippen molar-refractivity contribution in [2.45, 2.75) is 0 Å². The molecular formula is C13H9Cl2NO2. The molecule has 3 N–H and O–H groups in total. The molecular weight excluding hydrogens is 273 g/mol. The highest BCUT2D eigenvalue weighted by Gasteiger charge is 2.08. The van der Waals surface area contributed by atoms with Gasteiger partial charge in [0.1, 0.15) is 0 Å². The molecule has 2 rings (SSSR count). The summed E-state index contributed by atoms with van der Waals surface area (Å²) in [7, 11) is 0. The van der Waals surface area contributed by atoms with Crippen LogP contribution >= 0.6 is 23.2 Å². The molecule has 0 saturated heterocycles. The Hall–Kier alpha value is -1.71. The minimum Gasteiger partial charge on any atom is -0.478 e. The molecule has 0 aliphatic heterocycles. The average molecular weight is 282 g/mol. The van der Waals surface area contributed by atoms with E-state index in [1.807, 2.05) is 0 Å². The van der Waals surface area contributed by atoms with Crippen LogP contribution in [0.2, 0.25) is 10.0 Å². The second kappa shape index (κ2) is 4.88. The van der Waals surface area contributed by atoms with Crippen LogP contribution in [0.25, 0.3) is 11.1 Å². The Kier molecular flexibility index (Phi) is 3.45. The minimum atomic E-state index is -1.03. The van der Waals surface area contributed by atoms with Crippen LogP contribution in [0.4, 0.5) is 5.69 Å². The van der Waals surface area contributed by atoms with Gasteiger partial charge in [-0.1, -0.05) is 23.2 Å². The Morgan fingerprint density at radius 1 is 0.944 bits per heavy atom. The van der Waals surface area contributed by atoms with Gasteiger partial charge in [0, 0.05) is 15.7 Å². The Morgan fingerprint density at radius 3 is 2.06 bits per heavy atom. The van der Waals surface area contributed by atoms with Gasteiger partial charge in [-0.05, 0) is 47.5 Å². The highest BCUT2D eigenvalue weighted by Crippen LogP contribution is 2.29. The monoisotopic (exact) mass is 281 g/mol. The number of halogens is 2. The number of carboxylic acid groups (broad SMARTS) is 1. The summed E-state index contributed by atoms with van der Waals surface area (Å²) >= 11 is 11.8. The van der Waals surface area contributed by atoms with Crippen LogP contribution in [0.15, 0.2) is 36.4 Å². The molecule has 0 heterocycles. The van der Waals surface area contributed by atoms with Gasteiger partial charge in [-0.3, -0.25) is 0 Å². The predicted molar refractivity (Wildman–Crippen MR) is 73.3 cm³/mol. The van der Waals surface area contributed by atoms with E-state index in [-0.39, 0.29) is 5.56 Å². The molecule has 0 radical (unpaired) electrons. The quantitative estimate of drug-likeness (QED) is 0.820. The van der Waals surface area contributed by atoms with E-state index < -0.39 is 5.97 Å². The fourth-order valence-corrected chi connectivity index (χ4v) is 2.19. The fourth-order valence-electron chi connectivity index (χ4n) is 1.66. The Morgan fingerprint density at radius 2 is 1.50 bits per heavy atom. The summed E-state index contributed by atoms with van der Waals surface area (Å²) in [6.07, 6.45) is 0. The lowest BCUT2D eigenvalue weighted by Gasteiger charge is -2.06. The predicted octanol–water partition coefficient (Wildman–Crippen LogP) is 3.94. The lowest BCUT2D eigenvalue weighted by molar-refractivity contribution is 0.0697. The average Bonchev–Trinajstić information content (AvgIpc) is 2.26. The smallest absolute Gasteiger partial charge is 0.335 e. The number of nitrogen functional groups attached to an aromatic ring is 1. The van der Waals surface area contributed by atoms with Crippen LogP contribution in [-0.4, -0.2) is 11.1 Å². The van der Waals surface area contributed by atoms with Gasteiger partial charge >= 0.3 is 5.97 Å². The zero-order chi connectivity index (χ0) is 13.3. The van der Waals surface area contributed by atoms with Crippen LogP contribution in [-0.2, 0) is 0 Å². The Labute approximate surface area is 114 Å². The molecule has 0 atom stereocenters. The van der Waals surface area contributed by atoms with Gasteiger partial charge in [0.2, 0.25) is 0 Å². The van der Waals surface area contributed by atoms with E-state index in [4.69, 9.17) is 34.0 Å². The van der Waals surface area contributed by atoms with Gasteiger partial charge in [-0.25, -0.2) is 4.79 Å². The van der Waals surface area contributed by atoms with Crippen LogP contribution in [0.1, 0.15) is 10.4 Å². The van der Waals surface area contributed by atoms with Gasteiger partial charge in [0.05, 0.1) is 5.56 Å². The molecule has 2 aromatic rings. The lowest BCUT2D eigenvalue weighted by Crippen LogP contribution is -1.98. The van der Waals surface area contributed by atoms with E-state index in [1.54, 1.807) is 24.3 Å². The van der Waals surface area contributed by atoms with Gasteiger partial charge in [-0.2, -0.15) is 0 Å². The van der Waals surface area contributed by atoms with E-state index in [9.17, 15) is 4.79 Å². The van der Waals surface area contributed by atoms with E-state index in [2.05, 4.69) is 0 Å². The molecule has 0 bridgehead atoms. The summed E-state index contributed by atoms with van der Waals surface area (Å²) in [5.74, 6) is -1.03. The molecule has 2 aromatic carbocycles. The second-order valence-corrected chi connectivity index (χ2v) is 4.68. The van der Waals surface area contributed by atoms with Crippen LogP contribution in [0.5, 0.6) is 0 Å². The maximum atomic E-state index is 11.0. The molecule has 0 aromatic heterocycles. The number of carbonyl (C=O) groups is 1. The first kappa shape index (κ1) is 12.7. The maximum absolute atomic E-state index is 11.0. The summed E-state index contributed by atoms with van der Waals surface area (Å²) in [5, 5.41) is 9.95. The Bertz CT molecular complexity index is 606. The minimum absolute atomic E-state index is 0.126. The molecule has 0 fully saturated rings. The third-order valence-corrected chi connectivity index (χ3v) is 2.83. The normalized spacial score (nSPS) is 10.3. The molecule has 0 aliphatic carbocycles. The third-order valence-electron chi connectivity index (χ3n) is 2.40. The number of hydrogen-bond acceptors (Lipinski definition) is 2. The van der Waals surface area contributed by atoms with Crippen molar-refractivity contribution in [2.75, 3.05) is 5.73 Å². The summed E-state index contributed by atoms with van der Waals surface area (Å²) in [6, 6.07) is 9.62. The van der Waals surface area contributed by atoms with Crippen LogP contribution in [0, 0.1) is 0 Å².